The van der Waals surface area contributed by atoms with Crippen molar-refractivity contribution < 1.29 is 13.2 Å². The Bertz CT molecular complexity index is 1120. The van der Waals surface area contributed by atoms with Crippen LogP contribution in [0.1, 0.15) is 23.2 Å². The van der Waals surface area contributed by atoms with Gasteiger partial charge in [0.2, 0.25) is 10.0 Å². The van der Waals surface area contributed by atoms with E-state index in [2.05, 4.69) is 15.0 Å². The Labute approximate surface area is 171 Å². The van der Waals surface area contributed by atoms with Crippen molar-refractivity contribution in [1.82, 2.24) is 19.3 Å². The van der Waals surface area contributed by atoms with Gasteiger partial charge in [-0.3, -0.25) is 4.79 Å². The summed E-state index contributed by atoms with van der Waals surface area (Å²) in [7, 11) is -3.47. The van der Waals surface area contributed by atoms with E-state index in [0.717, 1.165) is 12.8 Å². The van der Waals surface area contributed by atoms with Crippen LogP contribution >= 0.6 is 23.4 Å². The van der Waals surface area contributed by atoms with Gasteiger partial charge in [-0.15, -0.1) is 0 Å². The van der Waals surface area contributed by atoms with Crippen molar-refractivity contribution in [2.75, 3.05) is 18.8 Å². The molecule has 0 aliphatic carbocycles. The number of aromatic amines is 1. The molecule has 10 heteroatoms. The van der Waals surface area contributed by atoms with Crippen LogP contribution in [0.5, 0.6) is 0 Å². The lowest BCUT2D eigenvalue weighted by Gasteiger charge is -2.15. The number of benzene rings is 1. The maximum absolute atomic E-state index is 12.5. The molecule has 1 fully saturated rings. The summed E-state index contributed by atoms with van der Waals surface area (Å²) in [5.41, 5.74) is 1.71. The van der Waals surface area contributed by atoms with E-state index in [4.69, 9.17) is 11.6 Å². The molecule has 0 unspecified atom stereocenters. The molecular weight excluding hydrogens is 420 g/mol. The molecule has 4 rings (SSSR count). The highest BCUT2D eigenvalue weighted by Gasteiger charge is 2.27. The van der Waals surface area contributed by atoms with Gasteiger partial charge in [0.05, 0.1) is 21.2 Å². The molecule has 28 heavy (non-hydrogen) atoms. The number of carbonyl (C=O) groups excluding carboxylic acids is 1. The van der Waals surface area contributed by atoms with Crippen LogP contribution in [0.15, 0.2) is 46.6 Å². The van der Waals surface area contributed by atoms with Crippen LogP contribution in [0.3, 0.4) is 0 Å². The normalized spacial score (nSPS) is 15.3. The second kappa shape index (κ2) is 7.82. The van der Waals surface area contributed by atoms with E-state index in [9.17, 15) is 13.2 Å². The fourth-order valence-electron chi connectivity index (χ4n) is 3.03. The third-order valence-corrected chi connectivity index (χ3v) is 7.49. The van der Waals surface area contributed by atoms with Crippen molar-refractivity contribution in [2.45, 2.75) is 22.9 Å². The minimum Gasteiger partial charge on any atom is -0.331 e. The quantitative estimate of drug-likeness (QED) is 0.470. The number of nitrogens with zero attached hydrogens (tertiary/aromatic N) is 3. The Morgan fingerprint density at radius 3 is 2.64 bits per heavy atom. The lowest BCUT2D eigenvalue weighted by molar-refractivity contribution is 0.102. The van der Waals surface area contributed by atoms with Crippen LogP contribution in [-0.2, 0) is 10.0 Å². The van der Waals surface area contributed by atoms with Gasteiger partial charge in [-0.05, 0) is 31.0 Å². The second-order valence-corrected chi connectivity index (χ2v) is 9.75. The van der Waals surface area contributed by atoms with Crippen molar-refractivity contribution in [1.29, 1.82) is 0 Å². The van der Waals surface area contributed by atoms with Gasteiger partial charge in [0.15, 0.2) is 16.6 Å². The standard InChI is InChI=1S/C18H17ClN4O3S2/c19-13-9-15-17(20-10-13)22-18(21-15)27-11-16(24)12-3-5-14(6-4-12)28(25,26)23-7-1-2-8-23/h3-6,9-10H,1-2,7-8,11H2,(H,20,21,22). The number of pyridine rings is 1. The summed E-state index contributed by atoms with van der Waals surface area (Å²) in [4.78, 5) is 24.2. The summed E-state index contributed by atoms with van der Waals surface area (Å²) in [5, 5.41) is 1.08. The van der Waals surface area contributed by atoms with E-state index in [1.54, 1.807) is 18.2 Å². The van der Waals surface area contributed by atoms with Crippen molar-refractivity contribution in [3.63, 3.8) is 0 Å². The molecule has 1 aliphatic rings. The van der Waals surface area contributed by atoms with E-state index in [1.807, 2.05) is 0 Å². The van der Waals surface area contributed by atoms with Gasteiger partial charge in [0, 0.05) is 24.8 Å². The second-order valence-electron chi connectivity index (χ2n) is 6.41. The summed E-state index contributed by atoms with van der Waals surface area (Å²) < 4.78 is 26.6. The molecule has 7 nitrogen and oxygen atoms in total. The topological polar surface area (TPSA) is 96.0 Å². The van der Waals surface area contributed by atoms with Crippen molar-refractivity contribution in [2.24, 2.45) is 0 Å². The lowest BCUT2D eigenvalue weighted by Crippen LogP contribution is -2.27. The Morgan fingerprint density at radius 1 is 1.21 bits per heavy atom. The predicted octanol–water partition coefficient (Wildman–Crippen LogP) is 3.37. The summed E-state index contributed by atoms with van der Waals surface area (Å²) in [6.45, 7) is 1.11. The molecule has 146 valence electrons. The van der Waals surface area contributed by atoms with Crippen molar-refractivity contribution >= 4 is 50.3 Å². The number of hydrogen-bond acceptors (Lipinski definition) is 6. The van der Waals surface area contributed by atoms with E-state index in [0.29, 0.717) is 40.0 Å². The third-order valence-electron chi connectivity index (χ3n) is 4.50. The number of thioether (sulfide) groups is 1. The monoisotopic (exact) mass is 436 g/mol. The first kappa shape index (κ1) is 19.4. The van der Waals surface area contributed by atoms with Gasteiger partial charge >= 0.3 is 0 Å². The number of carbonyl (C=O) groups is 1. The highest BCUT2D eigenvalue weighted by atomic mass is 35.5. The Balaban J connectivity index is 1.43. The lowest BCUT2D eigenvalue weighted by atomic mass is 10.1. The zero-order chi connectivity index (χ0) is 19.7. The highest BCUT2D eigenvalue weighted by Crippen LogP contribution is 2.23. The summed E-state index contributed by atoms with van der Waals surface area (Å²) in [6.07, 6.45) is 3.29. The summed E-state index contributed by atoms with van der Waals surface area (Å²) >= 11 is 7.16. The molecule has 1 N–H and O–H groups in total. The molecule has 2 aromatic heterocycles. The van der Waals surface area contributed by atoms with Gasteiger partial charge in [-0.1, -0.05) is 35.5 Å². The first-order valence-electron chi connectivity index (χ1n) is 8.71. The van der Waals surface area contributed by atoms with Crippen LogP contribution < -0.4 is 0 Å². The number of hydrogen-bond donors (Lipinski definition) is 1. The van der Waals surface area contributed by atoms with E-state index in [-0.39, 0.29) is 16.4 Å². The Hall–Kier alpha value is -1.94. The van der Waals surface area contributed by atoms with E-state index >= 15 is 0 Å². The van der Waals surface area contributed by atoms with Crippen LogP contribution in [0, 0.1) is 0 Å². The average Bonchev–Trinajstić information content (AvgIpc) is 3.36. The number of nitrogens with one attached hydrogen (secondary N) is 1. The Kier molecular flexibility index (Phi) is 5.42. The summed E-state index contributed by atoms with van der Waals surface area (Å²) in [5.74, 6) is 0.0627. The average molecular weight is 437 g/mol. The first-order chi connectivity index (χ1) is 13.4. The molecule has 0 saturated carbocycles. The van der Waals surface area contributed by atoms with Crippen LogP contribution in [0.2, 0.25) is 5.02 Å². The molecular formula is C18H17ClN4O3S2. The number of halogens is 1. The number of fused-ring (bicyclic) bond motifs is 1. The zero-order valence-corrected chi connectivity index (χ0v) is 17.1. The molecule has 0 amide bonds. The molecule has 0 radical (unpaired) electrons. The van der Waals surface area contributed by atoms with E-state index in [1.165, 1.54) is 34.4 Å². The first-order valence-corrected chi connectivity index (χ1v) is 11.5. The molecule has 1 saturated heterocycles. The molecule has 0 spiro atoms. The van der Waals surface area contributed by atoms with Gasteiger partial charge in [-0.2, -0.15) is 4.31 Å². The van der Waals surface area contributed by atoms with E-state index < -0.39 is 10.0 Å². The SMILES string of the molecule is O=C(CSc1nc2ncc(Cl)cc2[nH]1)c1ccc(S(=O)(=O)N2CCCC2)cc1. The number of imidazole rings is 1. The van der Waals surface area contributed by atoms with Gasteiger partial charge in [0.1, 0.15) is 0 Å². The number of rotatable bonds is 6. The molecule has 1 aliphatic heterocycles. The zero-order valence-electron chi connectivity index (χ0n) is 14.8. The largest absolute Gasteiger partial charge is 0.331 e. The number of ketones is 1. The third kappa shape index (κ3) is 3.93. The Morgan fingerprint density at radius 2 is 1.93 bits per heavy atom. The highest BCUT2D eigenvalue weighted by molar-refractivity contribution is 7.99. The molecule has 3 heterocycles. The number of H-pyrrole nitrogens is 1. The molecule has 1 aromatic carbocycles. The fourth-order valence-corrected chi connectivity index (χ4v) is 5.47. The number of sulfonamides is 1. The predicted molar refractivity (Wildman–Crippen MR) is 108 cm³/mol. The maximum atomic E-state index is 12.5. The number of Topliss-reactive ketones (excluding diaryl/α,β-unsaturated/α-hetero) is 1. The minimum absolute atomic E-state index is 0.110. The molecule has 0 bridgehead atoms. The molecule has 0 atom stereocenters. The molecule has 3 aromatic rings. The van der Waals surface area contributed by atoms with Gasteiger partial charge in [-0.25, -0.2) is 18.4 Å². The maximum Gasteiger partial charge on any atom is 0.243 e. The fraction of sp³-hybridized carbons (Fsp3) is 0.278. The van der Waals surface area contributed by atoms with Gasteiger partial charge in [0.25, 0.3) is 0 Å². The smallest absolute Gasteiger partial charge is 0.243 e. The summed E-state index contributed by atoms with van der Waals surface area (Å²) in [6, 6.07) is 7.84. The van der Waals surface area contributed by atoms with Crippen LogP contribution in [0.25, 0.3) is 11.2 Å². The minimum atomic E-state index is -3.47. The van der Waals surface area contributed by atoms with Crippen molar-refractivity contribution in [3.8, 4) is 0 Å². The van der Waals surface area contributed by atoms with Crippen LogP contribution in [-0.4, -0.2) is 52.3 Å². The van der Waals surface area contributed by atoms with Crippen LogP contribution in [0.4, 0.5) is 0 Å². The number of aromatic nitrogens is 3. The van der Waals surface area contributed by atoms with Gasteiger partial charge < -0.3 is 4.98 Å². The van der Waals surface area contributed by atoms with Crippen molar-refractivity contribution in [3.05, 3.63) is 47.1 Å².